The molecule has 0 amide bonds. The van der Waals surface area contributed by atoms with E-state index in [1.807, 2.05) is 49.6 Å². The van der Waals surface area contributed by atoms with Crippen LogP contribution in [0.15, 0.2) is 73.1 Å². The Morgan fingerprint density at radius 3 is 2.58 bits per heavy atom. The van der Waals surface area contributed by atoms with Crippen molar-refractivity contribution in [3.8, 4) is 28.0 Å². The maximum absolute atomic E-state index is 5.62. The van der Waals surface area contributed by atoms with Crippen LogP contribution in [0.5, 0.6) is 5.75 Å². The highest BCUT2D eigenvalue weighted by molar-refractivity contribution is 5.95. The van der Waals surface area contributed by atoms with Crippen LogP contribution in [0.1, 0.15) is 6.92 Å². The lowest BCUT2D eigenvalue weighted by molar-refractivity contribution is 0.340. The van der Waals surface area contributed by atoms with Gasteiger partial charge >= 0.3 is 0 Å². The third-order valence-electron chi connectivity index (χ3n) is 4.09. The Bertz CT molecular complexity index is 973. The minimum Gasteiger partial charge on any atom is -0.494 e. The van der Waals surface area contributed by atoms with Gasteiger partial charge in [-0.3, -0.25) is 0 Å². The van der Waals surface area contributed by atoms with E-state index in [-0.39, 0.29) is 0 Å². The molecule has 0 unspecified atom stereocenters. The first-order valence-corrected chi connectivity index (χ1v) is 8.11. The van der Waals surface area contributed by atoms with Crippen molar-refractivity contribution >= 4 is 11.0 Å². The average molecular weight is 314 g/mol. The van der Waals surface area contributed by atoms with E-state index < -0.39 is 0 Å². The Hall–Kier alpha value is -3.07. The summed E-state index contributed by atoms with van der Waals surface area (Å²) in [4.78, 5) is 7.84. The van der Waals surface area contributed by atoms with E-state index in [1.54, 1.807) is 0 Å². The van der Waals surface area contributed by atoms with E-state index >= 15 is 0 Å². The second-order valence-electron chi connectivity index (χ2n) is 5.65. The summed E-state index contributed by atoms with van der Waals surface area (Å²) < 4.78 is 5.62. The third kappa shape index (κ3) is 2.65. The molecule has 0 saturated carbocycles. The van der Waals surface area contributed by atoms with E-state index in [0.29, 0.717) is 6.61 Å². The molecule has 3 nitrogen and oxygen atoms in total. The molecule has 0 radical (unpaired) electrons. The molecule has 118 valence electrons. The fourth-order valence-corrected chi connectivity index (χ4v) is 2.95. The second-order valence-corrected chi connectivity index (χ2v) is 5.65. The van der Waals surface area contributed by atoms with Gasteiger partial charge in [-0.1, -0.05) is 42.5 Å². The fourth-order valence-electron chi connectivity index (χ4n) is 2.95. The zero-order valence-electron chi connectivity index (χ0n) is 13.5. The number of nitrogens with one attached hydrogen (secondary N) is 1. The molecule has 0 aliphatic heterocycles. The maximum Gasteiger partial charge on any atom is 0.137 e. The summed E-state index contributed by atoms with van der Waals surface area (Å²) in [7, 11) is 0. The van der Waals surface area contributed by atoms with Crippen LogP contribution in [0.3, 0.4) is 0 Å². The van der Waals surface area contributed by atoms with E-state index in [1.165, 1.54) is 5.56 Å². The first-order chi connectivity index (χ1) is 11.8. The number of rotatable bonds is 4. The molecule has 3 heteroatoms. The summed E-state index contributed by atoms with van der Waals surface area (Å²) in [6, 6.07) is 20.7. The molecule has 1 N–H and O–H groups in total. The summed E-state index contributed by atoms with van der Waals surface area (Å²) in [5.74, 6) is 0.886. The molecule has 0 saturated heterocycles. The Labute approximate surface area is 140 Å². The molecule has 2 aromatic heterocycles. The molecular weight excluding hydrogens is 296 g/mol. The van der Waals surface area contributed by atoms with Crippen LogP contribution in [-0.4, -0.2) is 16.6 Å². The SMILES string of the molecule is CCOc1cccc(-c2c[nH]c3ncc(-c4ccccc4)cc23)c1. The van der Waals surface area contributed by atoms with Crippen LogP contribution in [0.2, 0.25) is 0 Å². The second kappa shape index (κ2) is 6.20. The van der Waals surface area contributed by atoms with Crippen molar-refractivity contribution < 1.29 is 4.74 Å². The van der Waals surface area contributed by atoms with Crippen molar-refractivity contribution in [3.63, 3.8) is 0 Å². The van der Waals surface area contributed by atoms with Crippen molar-refractivity contribution in [2.45, 2.75) is 6.92 Å². The van der Waals surface area contributed by atoms with Gasteiger partial charge in [0.15, 0.2) is 0 Å². The molecule has 24 heavy (non-hydrogen) atoms. The highest BCUT2D eigenvalue weighted by Crippen LogP contribution is 2.32. The van der Waals surface area contributed by atoms with E-state index in [4.69, 9.17) is 4.74 Å². The average Bonchev–Trinajstić information content (AvgIpc) is 3.06. The number of aromatic amines is 1. The van der Waals surface area contributed by atoms with Gasteiger partial charge in [-0.25, -0.2) is 4.98 Å². The zero-order valence-corrected chi connectivity index (χ0v) is 13.5. The molecule has 0 aliphatic carbocycles. The largest absolute Gasteiger partial charge is 0.494 e. The lowest BCUT2D eigenvalue weighted by atomic mass is 10.0. The van der Waals surface area contributed by atoms with Crippen LogP contribution >= 0.6 is 0 Å². The highest BCUT2D eigenvalue weighted by atomic mass is 16.5. The Morgan fingerprint density at radius 1 is 0.917 bits per heavy atom. The lowest BCUT2D eigenvalue weighted by Gasteiger charge is -2.06. The van der Waals surface area contributed by atoms with Crippen molar-refractivity contribution in [1.29, 1.82) is 0 Å². The van der Waals surface area contributed by atoms with Crippen molar-refractivity contribution in [2.75, 3.05) is 6.61 Å². The Balaban J connectivity index is 1.83. The predicted octanol–water partition coefficient (Wildman–Crippen LogP) is 5.30. The van der Waals surface area contributed by atoms with Crippen LogP contribution in [-0.2, 0) is 0 Å². The molecule has 0 fully saturated rings. The van der Waals surface area contributed by atoms with Gasteiger partial charge in [-0.05, 0) is 36.2 Å². The number of ether oxygens (including phenoxy) is 1. The topological polar surface area (TPSA) is 37.9 Å². The number of hydrogen-bond donors (Lipinski definition) is 1. The van der Waals surface area contributed by atoms with E-state index in [2.05, 4.69) is 40.3 Å². The lowest BCUT2D eigenvalue weighted by Crippen LogP contribution is -1.91. The van der Waals surface area contributed by atoms with Crippen molar-refractivity contribution in [1.82, 2.24) is 9.97 Å². The number of aromatic nitrogens is 2. The Morgan fingerprint density at radius 2 is 1.75 bits per heavy atom. The third-order valence-corrected chi connectivity index (χ3v) is 4.09. The van der Waals surface area contributed by atoms with Gasteiger partial charge in [0.1, 0.15) is 11.4 Å². The van der Waals surface area contributed by atoms with Crippen LogP contribution < -0.4 is 4.74 Å². The first-order valence-electron chi connectivity index (χ1n) is 8.11. The molecule has 2 aromatic carbocycles. The monoisotopic (exact) mass is 314 g/mol. The summed E-state index contributed by atoms with van der Waals surface area (Å²) >= 11 is 0. The van der Waals surface area contributed by atoms with Gasteiger partial charge in [0, 0.05) is 28.9 Å². The van der Waals surface area contributed by atoms with Gasteiger partial charge in [0.05, 0.1) is 6.61 Å². The van der Waals surface area contributed by atoms with Gasteiger partial charge in [0.25, 0.3) is 0 Å². The predicted molar refractivity (Wildman–Crippen MR) is 98.1 cm³/mol. The number of benzene rings is 2. The Kier molecular flexibility index (Phi) is 3.75. The van der Waals surface area contributed by atoms with Crippen LogP contribution in [0.25, 0.3) is 33.3 Å². The summed E-state index contributed by atoms with van der Waals surface area (Å²) in [6.07, 6.45) is 3.92. The molecule has 0 spiro atoms. The van der Waals surface area contributed by atoms with E-state index in [0.717, 1.165) is 33.5 Å². The van der Waals surface area contributed by atoms with E-state index in [9.17, 15) is 0 Å². The van der Waals surface area contributed by atoms with Crippen LogP contribution in [0.4, 0.5) is 0 Å². The highest BCUT2D eigenvalue weighted by Gasteiger charge is 2.09. The number of pyridine rings is 1. The maximum atomic E-state index is 5.62. The molecule has 2 heterocycles. The molecule has 4 aromatic rings. The zero-order chi connectivity index (χ0) is 16.4. The van der Waals surface area contributed by atoms with Gasteiger partial charge < -0.3 is 9.72 Å². The number of H-pyrrole nitrogens is 1. The number of fused-ring (bicyclic) bond motifs is 1. The molecule has 0 bridgehead atoms. The van der Waals surface area contributed by atoms with Crippen LogP contribution in [0, 0.1) is 0 Å². The minimum atomic E-state index is 0.664. The summed E-state index contributed by atoms with van der Waals surface area (Å²) in [6.45, 7) is 2.66. The molecule has 0 atom stereocenters. The normalized spacial score (nSPS) is 10.9. The molecular formula is C21H18N2O. The number of nitrogens with zero attached hydrogens (tertiary/aromatic N) is 1. The fraction of sp³-hybridized carbons (Fsp3) is 0.0952. The number of hydrogen-bond acceptors (Lipinski definition) is 2. The quantitative estimate of drug-likeness (QED) is 0.555. The van der Waals surface area contributed by atoms with Crippen molar-refractivity contribution in [2.24, 2.45) is 0 Å². The van der Waals surface area contributed by atoms with Gasteiger partial charge in [0.2, 0.25) is 0 Å². The van der Waals surface area contributed by atoms with Gasteiger partial charge in [-0.2, -0.15) is 0 Å². The summed E-state index contributed by atoms with van der Waals surface area (Å²) in [5.41, 5.74) is 5.44. The van der Waals surface area contributed by atoms with Gasteiger partial charge in [-0.15, -0.1) is 0 Å². The standard InChI is InChI=1S/C21H18N2O/c1-2-24-18-10-6-9-16(11-18)20-14-23-21-19(20)12-17(13-22-21)15-7-4-3-5-8-15/h3-14H,2H2,1H3,(H,22,23). The molecule has 4 rings (SSSR count). The smallest absolute Gasteiger partial charge is 0.137 e. The first kappa shape index (κ1) is 14.5. The summed E-state index contributed by atoms with van der Waals surface area (Å²) in [5, 5.41) is 1.12. The minimum absolute atomic E-state index is 0.664. The molecule has 0 aliphatic rings. The van der Waals surface area contributed by atoms with Crippen molar-refractivity contribution in [3.05, 3.63) is 73.1 Å².